The molecule has 114 valence electrons. The van der Waals surface area contributed by atoms with Crippen LogP contribution >= 0.6 is 0 Å². The lowest BCUT2D eigenvalue weighted by molar-refractivity contribution is 0.338. The summed E-state index contributed by atoms with van der Waals surface area (Å²) in [7, 11) is 0. The summed E-state index contributed by atoms with van der Waals surface area (Å²) in [4.78, 5) is 0. The molecule has 0 aliphatic heterocycles. The Labute approximate surface area is 126 Å². The van der Waals surface area contributed by atoms with Crippen molar-refractivity contribution in [1.82, 2.24) is 5.32 Å². The molecule has 20 heavy (non-hydrogen) atoms. The van der Waals surface area contributed by atoms with Gasteiger partial charge in [-0.05, 0) is 56.7 Å². The molecule has 0 aliphatic rings. The summed E-state index contributed by atoms with van der Waals surface area (Å²) >= 11 is 0. The molecule has 0 saturated heterocycles. The first kappa shape index (κ1) is 17.2. The van der Waals surface area contributed by atoms with Crippen LogP contribution in [0.1, 0.15) is 57.6 Å². The van der Waals surface area contributed by atoms with Crippen molar-refractivity contribution in [2.45, 2.75) is 59.8 Å². The van der Waals surface area contributed by atoms with Gasteiger partial charge >= 0.3 is 0 Å². The van der Waals surface area contributed by atoms with Gasteiger partial charge in [0.1, 0.15) is 0 Å². The normalized spacial score (nSPS) is 12.8. The van der Waals surface area contributed by atoms with E-state index in [-0.39, 0.29) is 0 Å². The second kappa shape index (κ2) is 9.99. The van der Waals surface area contributed by atoms with E-state index in [4.69, 9.17) is 0 Å². The van der Waals surface area contributed by atoms with E-state index in [0.29, 0.717) is 0 Å². The SMILES string of the molecule is CCCNCC(Cc1ccc(C)cc1)CC(CC)CC. The summed E-state index contributed by atoms with van der Waals surface area (Å²) in [6.07, 6.45) is 6.43. The first-order chi connectivity index (χ1) is 9.69. The van der Waals surface area contributed by atoms with Crippen LogP contribution in [0.4, 0.5) is 0 Å². The minimum absolute atomic E-state index is 0.772. The van der Waals surface area contributed by atoms with Gasteiger partial charge in [0.15, 0.2) is 0 Å². The van der Waals surface area contributed by atoms with Gasteiger partial charge in [-0.25, -0.2) is 0 Å². The van der Waals surface area contributed by atoms with Crippen LogP contribution in [0.5, 0.6) is 0 Å². The Morgan fingerprint density at radius 1 is 0.950 bits per heavy atom. The number of benzene rings is 1. The summed E-state index contributed by atoms with van der Waals surface area (Å²) in [6, 6.07) is 9.08. The Hall–Kier alpha value is -0.820. The molecule has 0 saturated carbocycles. The van der Waals surface area contributed by atoms with E-state index in [1.165, 1.54) is 43.2 Å². The fraction of sp³-hybridized carbons (Fsp3) is 0.684. The molecule has 1 unspecified atom stereocenters. The lowest BCUT2D eigenvalue weighted by atomic mass is 9.86. The van der Waals surface area contributed by atoms with Crippen LogP contribution in [0.3, 0.4) is 0 Å². The topological polar surface area (TPSA) is 12.0 Å². The highest BCUT2D eigenvalue weighted by Crippen LogP contribution is 2.22. The van der Waals surface area contributed by atoms with Gasteiger partial charge in [0.05, 0.1) is 0 Å². The molecule has 0 fully saturated rings. The summed E-state index contributed by atoms with van der Waals surface area (Å²) in [5.74, 6) is 1.66. The van der Waals surface area contributed by atoms with Crippen molar-refractivity contribution in [3.8, 4) is 0 Å². The van der Waals surface area contributed by atoms with E-state index in [0.717, 1.165) is 24.9 Å². The molecule has 1 aromatic carbocycles. The van der Waals surface area contributed by atoms with Crippen molar-refractivity contribution in [1.29, 1.82) is 0 Å². The molecule has 0 radical (unpaired) electrons. The number of rotatable bonds is 10. The van der Waals surface area contributed by atoms with Gasteiger partial charge in [-0.1, -0.05) is 63.4 Å². The van der Waals surface area contributed by atoms with E-state index < -0.39 is 0 Å². The van der Waals surface area contributed by atoms with Crippen molar-refractivity contribution < 1.29 is 0 Å². The Balaban J connectivity index is 2.58. The van der Waals surface area contributed by atoms with Gasteiger partial charge in [-0.2, -0.15) is 0 Å². The number of nitrogens with one attached hydrogen (secondary N) is 1. The summed E-state index contributed by atoms with van der Waals surface area (Å²) in [6.45, 7) is 11.4. The highest BCUT2D eigenvalue weighted by Gasteiger charge is 2.14. The minimum Gasteiger partial charge on any atom is -0.316 e. The van der Waals surface area contributed by atoms with Gasteiger partial charge in [0.25, 0.3) is 0 Å². The van der Waals surface area contributed by atoms with Crippen LogP contribution in [0.2, 0.25) is 0 Å². The van der Waals surface area contributed by atoms with E-state index in [1.54, 1.807) is 0 Å². The molecule has 1 atom stereocenters. The minimum atomic E-state index is 0.772. The number of hydrogen-bond donors (Lipinski definition) is 1. The molecule has 0 heterocycles. The molecule has 1 N–H and O–H groups in total. The Bertz CT molecular complexity index is 337. The zero-order chi connectivity index (χ0) is 14.8. The highest BCUT2D eigenvalue weighted by atomic mass is 14.8. The van der Waals surface area contributed by atoms with E-state index in [2.05, 4.69) is 57.3 Å². The summed E-state index contributed by atoms with van der Waals surface area (Å²) < 4.78 is 0. The maximum Gasteiger partial charge on any atom is -0.00172 e. The average molecular weight is 275 g/mol. The molecule has 1 aromatic rings. The average Bonchev–Trinajstić information content (AvgIpc) is 2.47. The molecule has 1 nitrogen and oxygen atoms in total. The maximum atomic E-state index is 3.62. The zero-order valence-corrected chi connectivity index (χ0v) is 13.9. The second-order valence-electron chi connectivity index (χ2n) is 6.18. The third-order valence-corrected chi connectivity index (χ3v) is 4.33. The van der Waals surface area contributed by atoms with Crippen LogP contribution in [-0.4, -0.2) is 13.1 Å². The molecule has 1 rings (SSSR count). The van der Waals surface area contributed by atoms with E-state index >= 15 is 0 Å². The van der Waals surface area contributed by atoms with Gasteiger partial charge in [0.2, 0.25) is 0 Å². The molecular formula is C19H33N. The van der Waals surface area contributed by atoms with Crippen LogP contribution < -0.4 is 5.32 Å². The van der Waals surface area contributed by atoms with Gasteiger partial charge in [-0.3, -0.25) is 0 Å². The standard InChI is InChI=1S/C19H33N/c1-5-12-20-15-19(13-17(6-2)7-3)14-18-10-8-16(4)9-11-18/h8-11,17,19-20H,5-7,12-15H2,1-4H3. The predicted octanol–water partition coefficient (Wildman–Crippen LogP) is 4.98. The first-order valence-corrected chi connectivity index (χ1v) is 8.45. The molecule has 0 amide bonds. The van der Waals surface area contributed by atoms with Crippen molar-refractivity contribution in [3.05, 3.63) is 35.4 Å². The summed E-state index contributed by atoms with van der Waals surface area (Å²) in [5.41, 5.74) is 2.85. The molecular weight excluding hydrogens is 242 g/mol. The number of hydrogen-bond acceptors (Lipinski definition) is 1. The van der Waals surface area contributed by atoms with Crippen LogP contribution in [0.15, 0.2) is 24.3 Å². The second-order valence-corrected chi connectivity index (χ2v) is 6.18. The van der Waals surface area contributed by atoms with Crippen LogP contribution in [0.25, 0.3) is 0 Å². The molecule has 0 aromatic heterocycles. The van der Waals surface area contributed by atoms with Gasteiger partial charge in [-0.15, -0.1) is 0 Å². The Kier molecular flexibility index (Phi) is 8.60. The summed E-state index contributed by atoms with van der Waals surface area (Å²) in [5, 5.41) is 3.62. The zero-order valence-electron chi connectivity index (χ0n) is 13.9. The predicted molar refractivity (Wildman–Crippen MR) is 90.2 cm³/mol. The monoisotopic (exact) mass is 275 g/mol. The lowest BCUT2D eigenvalue weighted by Crippen LogP contribution is -2.26. The van der Waals surface area contributed by atoms with Crippen LogP contribution in [-0.2, 0) is 6.42 Å². The van der Waals surface area contributed by atoms with E-state index in [1.807, 2.05) is 0 Å². The molecule has 0 bridgehead atoms. The van der Waals surface area contributed by atoms with Crippen molar-refractivity contribution in [2.75, 3.05) is 13.1 Å². The third-order valence-electron chi connectivity index (χ3n) is 4.33. The van der Waals surface area contributed by atoms with Crippen LogP contribution in [0, 0.1) is 18.8 Å². The highest BCUT2D eigenvalue weighted by molar-refractivity contribution is 5.21. The maximum absolute atomic E-state index is 3.62. The fourth-order valence-corrected chi connectivity index (χ4v) is 2.87. The van der Waals surface area contributed by atoms with Crippen molar-refractivity contribution in [3.63, 3.8) is 0 Å². The first-order valence-electron chi connectivity index (χ1n) is 8.45. The largest absolute Gasteiger partial charge is 0.316 e. The third kappa shape index (κ3) is 6.56. The van der Waals surface area contributed by atoms with Gasteiger partial charge < -0.3 is 5.32 Å². The molecule has 1 heteroatoms. The number of aryl methyl sites for hydroxylation is 1. The smallest absolute Gasteiger partial charge is 0.00172 e. The Morgan fingerprint density at radius 2 is 1.60 bits per heavy atom. The van der Waals surface area contributed by atoms with Gasteiger partial charge in [0, 0.05) is 0 Å². The molecule has 0 aliphatic carbocycles. The lowest BCUT2D eigenvalue weighted by Gasteiger charge is -2.22. The molecule has 0 spiro atoms. The van der Waals surface area contributed by atoms with Crippen molar-refractivity contribution >= 4 is 0 Å². The van der Waals surface area contributed by atoms with E-state index in [9.17, 15) is 0 Å². The van der Waals surface area contributed by atoms with Crippen molar-refractivity contribution in [2.24, 2.45) is 11.8 Å². The quantitative estimate of drug-likeness (QED) is 0.594. The fourth-order valence-electron chi connectivity index (χ4n) is 2.87. The Morgan fingerprint density at radius 3 is 2.15 bits per heavy atom.